The molecule has 0 amide bonds. The van der Waals surface area contributed by atoms with Crippen molar-refractivity contribution in [2.75, 3.05) is 12.0 Å². The van der Waals surface area contributed by atoms with Gasteiger partial charge >= 0.3 is 5.69 Å². The predicted molar refractivity (Wildman–Crippen MR) is 134 cm³/mol. The number of nitrogens with one attached hydrogen (secondary N) is 2. The highest BCUT2D eigenvalue weighted by molar-refractivity contribution is 9.10. The summed E-state index contributed by atoms with van der Waals surface area (Å²) in [6, 6.07) is 15.0. The lowest BCUT2D eigenvalue weighted by molar-refractivity contribution is 0.0935. The Labute approximate surface area is 202 Å². The second-order valence-electron chi connectivity index (χ2n) is 7.69. The van der Waals surface area contributed by atoms with Crippen LogP contribution in [0.1, 0.15) is 11.1 Å². The average molecular weight is 527 g/mol. The molecule has 176 valence electrons. The average Bonchev–Trinajstić information content (AvgIpc) is 3.17. The summed E-state index contributed by atoms with van der Waals surface area (Å²) in [5.41, 5.74) is 3.71. The highest BCUT2D eigenvalue weighted by Crippen LogP contribution is 2.19. The second kappa shape index (κ2) is 10.1. The van der Waals surface area contributed by atoms with Crippen molar-refractivity contribution in [3.63, 3.8) is 0 Å². The quantitative estimate of drug-likeness (QED) is 0.239. The Hall–Kier alpha value is -3.70. The van der Waals surface area contributed by atoms with Crippen LogP contribution in [0, 0.1) is 6.92 Å². The number of H-pyrrole nitrogens is 1. The molecule has 0 bridgehead atoms. The molecule has 0 saturated heterocycles. The van der Waals surface area contributed by atoms with Crippen molar-refractivity contribution in [1.82, 2.24) is 19.1 Å². The molecule has 0 aliphatic heterocycles. The van der Waals surface area contributed by atoms with Crippen LogP contribution in [0.3, 0.4) is 0 Å². The summed E-state index contributed by atoms with van der Waals surface area (Å²) in [6.07, 6.45) is 0.626. The lowest BCUT2D eigenvalue weighted by Gasteiger charge is -2.16. The third-order valence-corrected chi connectivity index (χ3v) is 5.70. The first kappa shape index (κ1) is 23.5. The zero-order valence-corrected chi connectivity index (χ0v) is 20.1. The minimum absolute atomic E-state index is 0.00417. The Bertz CT molecular complexity index is 1460. The van der Waals surface area contributed by atoms with Gasteiger partial charge in [0.15, 0.2) is 11.2 Å². The van der Waals surface area contributed by atoms with Crippen molar-refractivity contribution in [2.24, 2.45) is 12.1 Å². The van der Waals surface area contributed by atoms with E-state index in [0.717, 1.165) is 15.6 Å². The van der Waals surface area contributed by atoms with Crippen LogP contribution in [-0.4, -0.2) is 43.1 Å². The first-order valence-corrected chi connectivity index (χ1v) is 11.2. The number of anilines is 1. The maximum Gasteiger partial charge on any atom is 0.329 e. The van der Waals surface area contributed by atoms with Crippen LogP contribution in [0.2, 0.25) is 0 Å². The summed E-state index contributed by atoms with van der Waals surface area (Å²) in [7, 11) is 1.50. The van der Waals surface area contributed by atoms with Gasteiger partial charge < -0.3 is 14.4 Å². The molecule has 0 aliphatic rings. The number of aromatic nitrogens is 4. The second-order valence-corrected chi connectivity index (χ2v) is 8.60. The van der Waals surface area contributed by atoms with Crippen LogP contribution in [0.4, 0.5) is 5.95 Å². The number of hydrazone groups is 1. The topological polar surface area (TPSA) is 127 Å². The van der Waals surface area contributed by atoms with E-state index in [1.165, 1.54) is 16.2 Å². The molecule has 2 aromatic heterocycles. The summed E-state index contributed by atoms with van der Waals surface area (Å²) in [5.74, 6) is 0.861. The number of ether oxygens (including phenoxy) is 1. The molecule has 0 aliphatic carbocycles. The standard InChI is InChI=1S/C23H23BrN6O4/c1-14-5-3-4-6-18(14)34-13-17(31)12-30-19-20(29(2)23(33)27-21(19)32)26-22(30)28-25-11-15-7-9-16(24)10-8-15/h3-11,17,31H,12-13H2,1-2H3,(H,26,28)(H,27,32,33)/b25-11+/t17-/m1/s1. The molecule has 34 heavy (non-hydrogen) atoms. The SMILES string of the molecule is Cc1ccccc1OC[C@H](O)Cn1c(N/N=C/c2ccc(Br)cc2)nc2c1c(=O)[nH]c(=O)n2C. The summed E-state index contributed by atoms with van der Waals surface area (Å²) in [6.45, 7) is 1.90. The van der Waals surface area contributed by atoms with Gasteiger partial charge in [-0.15, -0.1) is 0 Å². The smallest absolute Gasteiger partial charge is 0.329 e. The molecule has 2 aromatic carbocycles. The first-order chi connectivity index (χ1) is 16.3. The van der Waals surface area contributed by atoms with Gasteiger partial charge in [0.25, 0.3) is 5.56 Å². The summed E-state index contributed by atoms with van der Waals surface area (Å²) in [4.78, 5) is 31.3. The van der Waals surface area contributed by atoms with Crippen LogP contribution >= 0.6 is 15.9 Å². The molecular formula is C23H23BrN6O4. The van der Waals surface area contributed by atoms with Crippen LogP contribution < -0.4 is 21.4 Å². The first-order valence-electron chi connectivity index (χ1n) is 10.4. The van der Waals surface area contributed by atoms with Gasteiger partial charge in [0, 0.05) is 11.5 Å². The molecule has 10 nitrogen and oxygen atoms in total. The predicted octanol–water partition coefficient (Wildman–Crippen LogP) is 2.38. The number of fused-ring (bicyclic) bond motifs is 1. The van der Waals surface area contributed by atoms with E-state index in [1.54, 1.807) is 6.21 Å². The van der Waals surface area contributed by atoms with E-state index >= 15 is 0 Å². The molecule has 0 fully saturated rings. The van der Waals surface area contributed by atoms with Gasteiger partial charge in [0.05, 0.1) is 12.8 Å². The number of benzene rings is 2. The Kier molecular flexibility index (Phi) is 6.94. The van der Waals surface area contributed by atoms with E-state index in [-0.39, 0.29) is 30.3 Å². The minimum Gasteiger partial charge on any atom is -0.491 e. The van der Waals surface area contributed by atoms with Crippen LogP contribution in [0.5, 0.6) is 5.75 Å². The maximum atomic E-state index is 12.6. The number of nitrogens with zero attached hydrogens (tertiary/aromatic N) is 4. The molecule has 0 saturated carbocycles. The zero-order chi connectivity index (χ0) is 24.2. The number of aliphatic hydroxyl groups is 1. The van der Waals surface area contributed by atoms with Gasteiger partial charge in [0.2, 0.25) is 5.95 Å². The molecule has 11 heteroatoms. The molecular weight excluding hydrogens is 504 g/mol. The number of imidazole rings is 1. The third kappa shape index (κ3) is 5.10. The van der Waals surface area contributed by atoms with Gasteiger partial charge in [-0.05, 0) is 36.2 Å². The summed E-state index contributed by atoms with van der Waals surface area (Å²) < 4.78 is 9.40. The number of hydrogen-bond donors (Lipinski definition) is 3. The molecule has 0 radical (unpaired) electrons. The van der Waals surface area contributed by atoms with Gasteiger partial charge in [-0.3, -0.25) is 14.3 Å². The summed E-state index contributed by atoms with van der Waals surface area (Å²) >= 11 is 3.39. The lowest BCUT2D eigenvalue weighted by atomic mass is 10.2. The van der Waals surface area contributed by atoms with E-state index in [2.05, 4.69) is 36.4 Å². The fourth-order valence-electron chi connectivity index (χ4n) is 3.38. The van der Waals surface area contributed by atoms with Crippen LogP contribution in [-0.2, 0) is 13.6 Å². The van der Waals surface area contributed by atoms with Crippen molar-refractivity contribution >= 4 is 39.3 Å². The van der Waals surface area contributed by atoms with E-state index < -0.39 is 17.4 Å². The maximum absolute atomic E-state index is 12.6. The number of aliphatic hydroxyl groups excluding tert-OH is 1. The van der Waals surface area contributed by atoms with Crippen molar-refractivity contribution in [2.45, 2.75) is 19.6 Å². The van der Waals surface area contributed by atoms with Gasteiger partial charge in [-0.2, -0.15) is 10.1 Å². The van der Waals surface area contributed by atoms with Gasteiger partial charge in [0.1, 0.15) is 18.5 Å². The molecule has 4 aromatic rings. The van der Waals surface area contributed by atoms with Crippen LogP contribution in [0.15, 0.2) is 67.7 Å². The van der Waals surface area contributed by atoms with E-state index in [9.17, 15) is 14.7 Å². The highest BCUT2D eigenvalue weighted by atomic mass is 79.9. The number of aryl methyl sites for hydroxylation is 2. The molecule has 2 heterocycles. The molecule has 0 spiro atoms. The van der Waals surface area contributed by atoms with Crippen LogP contribution in [0.25, 0.3) is 11.2 Å². The van der Waals surface area contributed by atoms with Gasteiger partial charge in [-0.25, -0.2) is 10.2 Å². The molecule has 1 atom stereocenters. The number of halogens is 1. The lowest BCUT2D eigenvalue weighted by Crippen LogP contribution is -2.30. The molecule has 0 unspecified atom stereocenters. The van der Waals surface area contributed by atoms with E-state index in [1.807, 2.05) is 55.5 Å². The number of para-hydroxylation sites is 1. The van der Waals surface area contributed by atoms with Crippen molar-refractivity contribution < 1.29 is 9.84 Å². The number of aromatic amines is 1. The van der Waals surface area contributed by atoms with E-state index in [4.69, 9.17) is 4.74 Å². The number of hydrogen-bond acceptors (Lipinski definition) is 7. The molecule has 3 N–H and O–H groups in total. The normalized spacial score (nSPS) is 12.4. The fourth-order valence-corrected chi connectivity index (χ4v) is 3.64. The highest BCUT2D eigenvalue weighted by Gasteiger charge is 2.20. The monoisotopic (exact) mass is 526 g/mol. The van der Waals surface area contributed by atoms with Crippen molar-refractivity contribution in [3.8, 4) is 5.75 Å². The van der Waals surface area contributed by atoms with Crippen molar-refractivity contribution in [3.05, 3.63) is 85.0 Å². The Balaban J connectivity index is 1.62. The van der Waals surface area contributed by atoms with Crippen molar-refractivity contribution in [1.29, 1.82) is 0 Å². The summed E-state index contributed by atoms with van der Waals surface area (Å²) in [5, 5.41) is 14.9. The zero-order valence-electron chi connectivity index (χ0n) is 18.5. The van der Waals surface area contributed by atoms with Gasteiger partial charge in [-0.1, -0.05) is 46.3 Å². The largest absolute Gasteiger partial charge is 0.491 e. The Morgan fingerprint density at radius 1 is 1.24 bits per heavy atom. The Morgan fingerprint density at radius 2 is 1.97 bits per heavy atom. The fraction of sp³-hybridized carbons (Fsp3) is 0.217. The Morgan fingerprint density at radius 3 is 2.71 bits per heavy atom. The minimum atomic E-state index is -0.968. The number of rotatable bonds is 8. The van der Waals surface area contributed by atoms with E-state index in [0.29, 0.717) is 5.75 Å². The molecule has 4 rings (SSSR count). The third-order valence-electron chi connectivity index (χ3n) is 5.17.